The number of rotatable bonds is 7. The monoisotopic (exact) mass is 288 g/mol. The first kappa shape index (κ1) is 15.2. The van der Waals surface area contributed by atoms with Crippen molar-refractivity contribution in [2.24, 2.45) is 5.92 Å². The standard InChI is InChI=1S/C15H20N4O2/c1-11(15(20)21)12(2)19-14(16-17-18-19)10-6-9-13-7-4-3-5-8-13/h3-5,7-8,11-12H,6,9-10H2,1-2H3,(H,20,21). The Balaban J connectivity index is 1.96. The summed E-state index contributed by atoms with van der Waals surface area (Å²) in [5.41, 5.74) is 1.28. The molecule has 0 fully saturated rings. The Morgan fingerprint density at radius 3 is 2.62 bits per heavy atom. The van der Waals surface area contributed by atoms with Crippen molar-refractivity contribution in [3.63, 3.8) is 0 Å². The van der Waals surface area contributed by atoms with Gasteiger partial charge in [0, 0.05) is 6.42 Å². The lowest BCUT2D eigenvalue weighted by atomic mass is 10.0. The lowest BCUT2D eigenvalue weighted by molar-refractivity contribution is -0.142. The summed E-state index contributed by atoms with van der Waals surface area (Å²) in [5.74, 6) is -0.624. The fourth-order valence-corrected chi connectivity index (χ4v) is 2.21. The fourth-order valence-electron chi connectivity index (χ4n) is 2.21. The lowest BCUT2D eigenvalue weighted by Gasteiger charge is -2.17. The van der Waals surface area contributed by atoms with E-state index in [0.29, 0.717) is 0 Å². The summed E-state index contributed by atoms with van der Waals surface area (Å²) < 4.78 is 1.63. The first-order valence-corrected chi connectivity index (χ1v) is 7.13. The van der Waals surface area contributed by atoms with Crippen molar-refractivity contribution in [2.75, 3.05) is 0 Å². The van der Waals surface area contributed by atoms with E-state index in [4.69, 9.17) is 5.11 Å². The van der Waals surface area contributed by atoms with Crippen LogP contribution in [0.2, 0.25) is 0 Å². The van der Waals surface area contributed by atoms with E-state index in [2.05, 4.69) is 27.7 Å². The maximum atomic E-state index is 11.1. The lowest BCUT2D eigenvalue weighted by Crippen LogP contribution is -2.24. The molecule has 0 aliphatic rings. The molecule has 0 saturated carbocycles. The summed E-state index contributed by atoms with van der Waals surface area (Å²) in [7, 11) is 0. The van der Waals surface area contributed by atoms with Crippen molar-refractivity contribution in [2.45, 2.75) is 39.2 Å². The van der Waals surface area contributed by atoms with Gasteiger partial charge in [0.15, 0.2) is 5.82 Å². The van der Waals surface area contributed by atoms with E-state index in [9.17, 15) is 4.79 Å². The van der Waals surface area contributed by atoms with Crippen LogP contribution in [0.15, 0.2) is 30.3 Å². The quantitative estimate of drug-likeness (QED) is 0.844. The highest BCUT2D eigenvalue weighted by molar-refractivity contribution is 5.70. The van der Waals surface area contributed by atoms with Crippen LogP contribution < -0.4 is 0 Å². The molecular formula is C15H20N4O2. The molecule has 112 valence electrons. The molecular weight excluding hydrogens is 268 g/mol. The van der Waals surface area contributed by atoms with Gasteiger partial charge >= 0.3 is 5.97 Å². The zero-order valence-electron chi connectivity index (χ0n) is 12.3. The van der Waals surface area contributed by atoms with Gasteiger partial charge in [0.25, 0.3) is 0 Å². The van der Waals surface area contributed by atoms with E-state index < -0.39 is 11.9 Å². The number of aromatic nitrogens is 4. The second-order valence-electron chi connectivity index (χ2n) is 5.25. The molecule has 0 amide bonds. The summed E-state index contributed by atoms with van der Waals surface area (Å²) >= 11 is 0. The number of carbonyl (C=O) groups is 1. The number of hydrogen-bond donors (Lipinski definition) is 1. The van der Waals surface area contributed by atoms with Gasteiger partial charge in [-0.3, -0.25) is 4.79 Å². The molecule has 2 unspecified atom stereocenters. The Morgan fingerprint density at radius 2 is 1.95 bits per heavy atom. The van der Waals surface area contributed by atoms with Gasteiger partial charge in [-0.2, -0.15) is 0 Å². The van der Waals surface area contributed by atoms with E-state index in [-0.39, 0.29) is 6.04 Å². The molecule has 6 nitrogen and oxygen atoms in total. The molecule has 0 aliphatic carbocycles. The zero-order valence-corrected chi connectivity index (χ0v) is 12.3. The van der Waals surface area contributed by atoms with Gasteiger partial charge in [-0.1, -0.05) is 30.3 Å². The minimum atomic E-state index is -0.840. The van der Waals surface area contributed by atoms with Gasteiger partial charge < -0.3 is 5.11 Å². The van der Waals surface area contributed by atoms with Crippen molar-refractivity contribution < 1.29 is 9.90 Å². The number of tetrazole rings is 1. The highest BCUT2D eigenvalue weighted by Gasteiger charge is 2.24. The van der Waals surface area contributed by atoms with Gasteiger partial charge in [-0.25, -0.2) is 4.68 Å². The summed E-state index contributed by atoms with van der Waals surface area (Å²) in [4.78, 5) is 11.1. The van der Waals surface area contributed by atoms with Crippen LogP contribution in [0.1, 0.15) is 37.7 Å². The van der Waals surface area contributed by atoms with E-state index in [1.54, 1.807) is 11.6 Å². The number of aryl methyl sites for hydroxylation is 2. The Hall–Kier alpha value is -2.24. The van der Waals surface area contributed by atoms with Crippen LogP contribution in [0.3, 0.4) is 0 Å². The van der Waals surface area contributed by atoms with E-state index in [0.717, 1.165) is 25.1 Å². The van der Waals surface area contributed by atoms with Crippen LogP contribution in [-0.2, 0) is 17.6 Å². The number of aliphatic carboxylic acids is 1. The molecule has 0 radical (unpaired) electrons. The second kappa shape index (κ2) is 6.97. The van der Waals surface area contributed by atoms with Gasteiger partial charge in [0.2, 0.25) is 0 Å². The van der Waals surface area contributed by atoms with Crippen molar-refractivity contribution in [3.05, 3.63) is 41.7 Å². The molecule has 6 heteroatoms. The van der Waals surface area contributed by atoms with E-state index >= 15 is 0 Å². The Morgan fingerprint density at radius 1 is 1.24 bits per heavy atom. The second-order valence-corrected chi connectivity index (χ2v) is 5.25. The highest BCUT2D eigenvalue weighted by atomic mass is 16.4. The molecule has 0 saturated heterocycles. The van der Waals surface area contributed by atoms with Gasteiger partial charge in [-0.05, 0) is 42.7 Å². The van der Waals surface area contributed by atoms with Crippen molar-refractivity contribution in [3.8, 4) is 0 Å². The third-order valence-corrected chi connectivity index (χ3v) is 3.77. The first-order chi connectivity index (χ1) is 10.1. The summed E-state index contributed by atoms with van der Waals surface area (Å²) in [6, 6.07) is 9.98. The van der Waals surface area contributed by atoms with E-state index in [1.165, 1.54) is 5.56 Å². The SMILES string of the molecule is CC(C(=O)O)C(C)n1nnnc1CCCc1ccccc1. The fraction of sp³-hybridized carbons (Fsp3) is 0.467. The molecule has 0 spiro atoms. The van der Waals surface area contributed by atoms with Crippen LogP contribution in [0.5, 0.6) is 0 Å². The maximum absolute atomic E-state index is 11.1. The molecule has 1 aromatic heterocycles. The van der Waals surface area contributed by atoms with Gasteiger partial charge in [-0.15, -0.1) is 5.10 Å². The molecule has 1 aromatic carbocycles. The Bertz CT molecular complexity index is 582. The minimum absolute atomic E-state index is 0.260. The van der Waals surface area contributed by atoms with Crippen LogP contribution >= 0.6 is 0 Å². The van der Waals surface area contributed by atoms with Crippen LogP contribution in [0.4, 0.5) is 0 Å². The van der Waals surface area contributed by atoms with Gasteiger partial charge in [0.05, 0.1) is 12.0 Å². The molecule has 2 atom stereocenters. The number of carboxylic acids is 1. The third kappa shape index (κ3) is 3.87. The number of benzene rings is 1. The topological polar surface area (TPSA) is 80.9 Å². The van der Waals surface area contributed by atoms with Crippen molar-refractivity contribution in [1.82, 2.24) is 20.2 Å². The number of nitrogens with zero attached hydrogens (tertiary/aromatic N) is 4. The smallest absolute Gasteiger partial charge is 0.308 e. The van der Waals surface area contributed by atoms with E-state index in [1.807, 2.05) is 25.1 Å². The third-order valence-electron chi connectivity index (χ3n) is 3.77. The average molecular weight is 288 g/mol. The number of carboxylic acid groups (broad SMARTS) is 1. The summed E-state index contributed by atoms with van der Waals surface area (Å²) in [6.45, 7) is 3.50. The molecule has 1 N–H and O–H groups in total. The normalized spacial score (nSPS) is 13.8. The van der Waals surface area contributed by atoms with Gasteiger partial charge in [0.1, 0.15) is 0 Å². The van der Waals surface area contributed by atoms with Crippen LogP contribution in [0, 0.1) is 5.92 Å². The Labute approximate surface area is 123 Å². The zero-order chi connectivity index (χ0) is 15.2. The maximum Gasteiger partial charge on any atom is 0.308 e. The number of hydrogen-bond acceptors (Lipinski definition) is 4. The van der Waals surface area contributed by atoms with Crippen molar-refractivity contribution >= 4 is 5.97 Å². The van der Waals surface area contributed by atoms with Crippen molar-refractivity contribution in [1.29, 1.82) is 0 Å². The Kier molecular flexibility index (Phi) is 5.03. The largest absolute Gasteiger partial charge is 0.481 e. The molecule has 2 aromatic rings. The predicted molar refractivity (Wildman–Crippen MR) is 77.8 cm³/mol. The predicted octanol–water partition coefficient (Wildman–Crippen LogP) is 2.13. The molecule has 0 aliphatic heterocycles. The summed E-state index contributed by atoms with van der Waals surface area (Å²) in [6.07, 6.45) is 2.62. The average Bonchev–Trinajstić information content (AvgIpc) is 2.95. The molecule has 1 heterocycles. The first-order valence-electron chi connectivity index (χ1n) is 7.13. The highest BCUT2D eigenvalue weighted by Crippen LogP contribution is 2.18. The molecule has 2 rings (SSSR count). The van der Waals surface area contributed by atoms with Crippen LogP contribution in [-0.4, -0.2) is 31.3 Å². The minimum Gasteiger partial charge on any atom is -0.481 e. The van der Waals surface area contributed by atoms with Crippen LogP contribution in [0.25, 0.3) is 0 Å². The summed E-state index contributed by atoms with van der Waals surface area (Å²) in [5, 5.41) is 20.7. The molecule has 0 bridgehead atoms. The molecule has 21 heavy (non-hydrogen) atoms.